The van der Waals surface area contributed by atoms with Gasteiger partial charge in [-0.15, -0.1) is 0 Å². The summed E-state index contributed by atoms with van der Waals surface area (Å²) in [5, 5.41) is 0. The fourth-order valence-corrected chi connectivity index (χ4v) is 2.30. The van der Waals surface area contributed by atoms with Crippen molar-refractivity contribution in [2.45, 2.75) is 13.5 Å². The van der Waals surface area contributed by atoms with Crippen LogP contribution in [0.4, 0.5) is 5.69 Å². The quantitative estimate of drug-likeness (QED) is 0.925. The summed E-state index contributed by atoms with van der Waals surface area (Å²) >= 11 is 3.49. The number of hydrogen-bond acceptors (Lipinski definition) is 2. The average Bonchev–Trinajstić information content (AvgIpc) is 2.33. The van der Waals surface area contributed by atoms with E-state index in [1.54, 1.807) is 10.6 Å². The third-order valence-electron chi connectivity index (χ3n) is 2.67. The van der Waals surface area contributed by atoms with Crippen molar-refractivity contribution in [2.24, 2.45) is 0 Å². The van der Waals surface area contributed by atoms with Crippen molar-refractivity contribution in [3.63, 3.8) is 0 Å². The monoisotopic (exact) mass is 292 g/mol. The minimum atomic E-state index is -0.138. The summed E-state index contributed by atoms with van der Waals surface area (Å²) in [7, 11) is 0. The molecule has 0 bridgehead atoms. The fourth-order valence-electron chi connectivity index (χ4n) is 1.81. The van der Waals surface area contributed by atoms with E-state index >= 15 is 0 Å². The third-order valence-corrected chi connectivity index (χ3v) is 3.36. The molecule has 0 saturated heterocycles. The number of nitrogens with zero attached hydrogens (tertiary/aromatic N) is 1. The number of pyridine rings is 1. The Bertz CT molecular complexity index is 605. The van der Waals surface area contributed by atoms with Gasteiger partial charge in [-0.2, -0.15) is 0 Å². The molecule has 2 N–H and O–H groups in total. The smallest absolute Gasteiger partial charge is 0.274 e. The number of nitrogens with two attached hydrogens (primary N) is 1. The topological polar surface area (TPSA) is 48.0 Å². The van der Waals surface area contributed by atoms with Gasteiger partial charge in [-0.1, -0.05) is 34.1 Å². The highest BCUT2D eigenvalue weighted by Crippen LogP contribution is 2.27. The molecule has 1 heterocycles. The summed E-state index contributed by atoms with van der Waals surface area (Å²) in [6.45, 7) is 2.53. The summed E-state index contributed by atoms with van der Waals surface area (Å²) < 4.78 is 2.64. The highest BCUT2D eigenvalue weighted by Gasteiger charge is 2.09. The summed E-state index contributed by atoms with van der Waals surface area (Å²) in [6.07, 6.45) is 0. The SMILES string of the molecule is CCn1c(-c2ccccc2Br)ccc(N)c1=O. The van der Waals surface area contributed by atoms with Gasteiger partial charge < -0.3 is 10.3 Å². The first-order valence-electron chi connectivity index (χ1n) is 5.39. The molecule has 88 valence electrons. The maximum absolute atomic E-state index is 11.9. The van der Waals surface area contributed by atoms with Crippen molar-refractivity contribution in [2.75, 3.05) is 5.73 Å². The van der Waals surface area contributed by atoms with Crippen molar-refractivity contribution < 1.29 is 0 Å². The van der Waals surface area contributed by atoms with E-state index in [-0.39, 0.29) is 11.2 Å². The Morgan fingerprint density at radius 3 is 2.59 bits per heavy atom. The Labute approximate surface area is 108 Å². The van der Waals surface area contributed by atoms with Gasteiger partial charge in [-0.05, 0) is 25.1 Å². The van der Waals surface area contributed by atoms with E-state index in [0.717, 1.165) is 15.7 Å². The summed E-state index contributed by atoms with van der Waals surface area (Å²) in [5.41, 5.74) is 7.64. The van der Waals surface area contributed by atoms with E-state index in [1.165, 1.54) is 0 Å². The molecule has 1 aromatic heterocycles. The lowest BCUT2D eigenvalue weighted by Gasteiger charge is -2.12. The first-order valence-corrected chi connectivity index (χ1v) is 6.18. The Balaban J connectivity index is 2.73. The van der Waals surface area contributed by atoms with E-state index in [2.05, 4.69) is 15.9 Å². The van der Waals surface area contributed by atoms with Crippen LogP contribution in [0, 0.1) is 0 Å². The molecule has 0 aliphatic carbocycles. The van der Waals surface area contributed by atoms with Gasteiger partial charge in [0, 0.05) is 16.6 Å². The van der Waals surface area contributed by atoms with E-state index < -0.39 is 0 Å². The van der Waals surface area contributed by atoms with Crippen LogP contribution in [0.1, 0.15) is 6.92 Å². The molecule has 0 aliphatic heterocycles. The average molecular weight is 293 g/mol. The number of aromatic nitrogens is 1. The molecular weight excluding hydrogens is 280 g/mol. The Morgan fingerprint density at radius 1 is 1.24 bits per heavy atom. The fraction of sp³-hybridized carbons (Fsp3) is 0.154. The number of nitrogen functional groups attached to an aromatic ring is 1. The second kappa shape index (κ2) is 4.75. The number of benzene rings is 1. The lowest BCUT2D eigenvalue weighted by atomic mass is 10.1. The molecule has 0 aliphatic rings. The maximum atomic E-state index is 11.9. The second-order valence-electron chi connectivity index (χ2n) is 3.70. The van der Waals surface area contributed by atoms with Gasteiger partial charge in [0.2, 0.25) is 0 Å². The number of anilines is 1. The molecule has 0 radical (unpaired) electrons. The normalized spacial score (nSPS) is 10.5. The van der Waals surface area contributed by atoms with Crippen LogP contribution in [0.5, 0.6) is 0 Å². The van der Waals surface area contributed by atoms with Crippen molar-refractivity contribution >= 4 is 21.6 Å². The Morgan fingerprint density at radius 2 is 1.94 bits per heavy atom. The predicted molar refractivity (Wildman–Crippen MR) is 73.9 cm³/mol. The second-order valence-corrected chi connectivity index (χ2v) is 4.56. The molecular formula is C13H13BrN2O. The van der Waals surface area contributed by atoms with Crippen LogP contribution in [-0.4, -0.2) is 4.57 Å². The van der Waals surface area contributed by atoms with Crippen LogP contribution in [0.2, 0.25) is 0 Å². The van der Waals surface area contributed by atoms with Crippen LogP contribution in [0.25, 0.3) is 11.3 Å². The van der Waals surface area contributed by atoms with Crippen LogP contribution in [0.3, 0.4) is 0 Å². The zero-order chi connectivity index (χ0) is 12.4. The zero-order valence-corrected chi connectivity index (χ0v) is 11.1. The Kier molecular flexibility index (Phi) is 3.33. The van der Waals surface area contributed by atoms with Crippen molar-refractivity contribution in [1.82, 2.24) is 4.57 Å². The van der Waals surface area contributed by atoms with Gasteiger partial charge in [0.1, 0.15) is 0 Å². The van der Waals surface area contributed by atoms with Crippen LogP contribution in [-0.2, 0) is 6.54 Å². The summed E-state index contributed by atoms with van der Waals surface area (Å²) in [4.78, 5) is 11.9. The predicted octanol–water partition coefficient (Wildman–Crippen LogP) is 2.88. The molecule has 4 heteroatoms. The first kappa shape index (κ1) is 11.9. The van der Waals surface area contributed by atoms with Gasteiger partial charge in [0.25, 0.3) is 5.56 Å². The number of rotatable bonds is 2. The largest absolute Gasteiger partial charge is 0.394 e. The standard InChI is InChI=1S/C13H13BrN2O/c1-2-16-12(8-7-11(15)13(16)17)9-5-3-4-6-10(9)14/h3-8H,2,15H2,1H3. The van der Waals surface area contributed by atoms with Crippen LogP contribution >= 0.6 is 15.9 Å². The van der Waals surface area contributed by atoms with E-state index in [4.69, 9.17) is 5.73 Å². The van der Waals surface area contributed by atoms with Crippen molar-refractivity contribution in [3.05, 3.63) is 51.2 Å². The third kappa shape index (κ3) is 2.13. The molecule has 0 spiro atoms. The maximum Gasteiger partial charge on any atom is 0.274 e. The molecule has 17 heavy (non-hydrogen) atoms. The molecule has 0 fully saturated rings. The van der Waals surface area contributed by atoms with Crippen LogP contribution < -0.4 is 11.3 Å². The number of halogens is 1. The summed E-state index contributed by atoms with van der Waals surface area (Å²) in [6, 6.07) is 11.3. The molecule has 0 saturated carbocycles. The first-order chi connectivity index (χ1) is 8.15. The minimum Gasteiger partial charge on any atom is -0.394 e. The minimum absolute atomic E-state index is 0.138. The summed E-state index contributed by atoms with van der Waals surface area (Å²) in [5.74, 6) is 0. The van der Waals surface area contributed by atoms with Gasteiger partial charge in [-0.3, -0.25) is 4.79 Å². The van der Waals surface area contributed by atoms with Gasteiger partial charge >= 0.3 is 0 Å². The van der Waals surface area contributed by atoms with E-state index in [9.17, 15) is 4.79 Å². The zero-order valence-electron chi connectivity index (χ0n) is 9.48. The lowest BCUT2D eigenvalue weighted by Crippen LogP contribution is -2.23. The molecule has 0 unspecified atom stereocenters. The molecule has 3 nitrogen and oxygen atoms in total. The van der Waals surface area contributed by atoms with Crippen molar-refractivity contribution in [1.29, 1.82) is 0 Å². The molecule has 1 aromatic carbocycles. The van der Waals surface area contributed by atoms with Crippen molar-refractivity contribution in [3.8, 4) is 11.3 Å². The van der Waals surface area contributed by atoms with E-state index in [0.29, 0.717) is 6.54 Å². The molecule has 0 atom stereocenters. The highest BCUT2D eigenvalue weighted by atomic mass is 79.9. The highest BCUT2D eigenvalue weighted by molar-refractivity contribution is 9.10. The molecule has 0 amide bonds. The van der Waals surface area contributed by atoms with E-state index in [1.807, 2.05) is 37.3 Å². The number of hydrogen-bond donors (Lipinski definition) is 1. The van der Waals surface area contributed by atoms with Gasteiger partial charge in [-0.25, -0.2) is 0 Å². The van der Waals surface area contributed by atoms with Gasteiger partial charge in [0.15, 0.2) is 0 Å². The molecule has 2 aromatic rings. The lowest BCUT2D eigenvalue weighted by molar-refractivity contribution is 0.738. The Hall–Kier alpha value is -1.55. The molecule has 2 rings (SSSR count). The van der Waals surface area contributed by atoms with Gasteiger partial charge in [0.05, 0.1) is 11.4 Å². The van der Waals surface area contributed by atoms with Crippen LogP contribution in [0.15, 0.2) is 45.7 Å².